The zero-order valence-corrected chi connectivity index (χ0v) is 17.8. The maximum Gasteiger partial charge on any atom is 0.265 e. The molecule has 2 heterocycles. The number of fused-ring (bicyclic) bond motifs is 1. The Kier molecular flexibility index (Phi) is 6.82. The molecule has 0 aliphatic carbocycles. The molecule has 0 spiro atoms. The lowest BCUT2D eigenvalue weighted by molar-refractivity contribution is -0.0351. The SMILES string of the molecule is COc1nc(NS(=O)(=O)c2c[nH]c3c(F)c(Cl)ccc23)c(F)cc1OCCOC(C)F. The first-order chi connectivity index (χ1) is 14.6. The minimum atomic E-state index is -4.37. The smallest absolute Gasteiger partial charge is 0.265 e. The second-order valence-electron chi connectivity index (χ2n) is 6.13. The van der Waals surface area contributed by atoms with Crippen molar-refractivity contribution in [2.75, 3.05) is 25.0 Å². The second kappa shape index (κ2) is 9.20. The van der Waals surface area contributed by atoms with Crippen LogP contribution in [0.15, 0.2) is 29.3 Å². The number of benzene rings is 1. The number of rotatable bonds is 9. The first kappa shape index (κ1) is 23.0. The van der Waals surface area contributed by atoms with E-state index >= 15 is 0 Å². The minimum Gasteiger partial charge on any atom is -0.485 e. The second-order valence-corrected chi connectivity index (χ2v) is 8.19. The van der Waals surface area contributed by atoms with Crippen LogP contribution in [-0.2, 0) is 14.8 Å². The standard InChI is InChI=1S/C18H17ClF3N3O5S/c1-9(20)29-5-6-30-13-7-12(21)17(24-18(13)28-2)25-31(26,27)14-8-23-16-10(14)3-4-11(19)15(16)22/h3-4,7-9,23H,5-6H2,1-2H3,(H,24,25). The van der Waals surface area contributed by atoms with Crippen molar-refractivity contribution in [3.63, 3.8) is 0 Å². The number of hydrogen-bond donors (Lipinski definition) is 2. The lowest BCUT2D eigenvalue weighted by atomic mass is 10.2. The van der Waals surface area contributed by atoms with Crippen molar-refractivity contribution in [2.45, 2.75) is 18.2 Å². The Morgan fingerprint density at radius 3 is 2.71 bits per heavy atom. The van der Waals surface area contributed by atoms with Crippen molar-refractivity contribution >= 4 is 38.3 Å². The fraction of sp³-hybridized carbons (Fsp3) is 0.278. The fourth-order valence-corrected chi connectivity index (χ4v) is 3.99. The number of aromatic nitrogens is 2. The van der Waals surface area contributed by atoms with E-state index in [1.165, 1.54) is 26.2 Å². The van der Waals surface area contributed by atoms with Crippen LogP contribution in [0.4, 0.5) is 19.0 Å². The number of ether oxygens (including phenoxy) is 3. The summed E-state index contributed by atoms with van der Waals surface area (Å²) in [5.74, 6) is -2.90. The molecule has 0 bridgehead atoms. The van der Waals surface area contributed by atoms with Gasteiger partial charge in [-0.2, -0.15) is 4.98 Å². The van der Waals surface area contributed by atoms with Gasteiger partial charge in [0, 0.05) is 17.6 Å². The first-order valence-corrected chi connectivity index (χ1v) is 10.6. The van der Waals surface area contributed by atoms with Crippen LogP contribution in [0.1, 0.15) is 6.92 Å². The maximum atomic E-state index is 14.5. The molecule has 0 fully saturated rings. The molecule has 8 nitrogen and oxygen atoms in total. The Morgan fingerprint density at radius 1 is 1.29 bits per heavy atom. The number of methoxy groups -OCH3 is 1. The summed E-state index contributed by atoms with van der Waals surface area (Å²) in [6.07, 6.45) is -0.448. The van der Waals surface area contributed by atoms with Crippen molar-refractivity contribution in [3.05, 3.63) is 41.1 Å². The monoisotopic (exact) mass is 479 g/mol. The first-order valence-electron chi connectivity index (χ1n) is 8.75. The normalized spacial score (nSPS) is 12.7. The molecule has 1 unspecified atom stereocenters. The van der Waals surface area contributed by atoms with E-state index < -0.39 is 33.8 Å². The topological polar surface area (TPSA) is 103 Å². The van der Waals surface area contributed by atoms with E-state index in [1.807, 2.05) is 4.72 Å². The van der Waals surface area contributed by atoms with E-state index in [1.54, 1.807) is 0 Å². The van der Waals surface area contributed by atoms with Gasteiger partial charge < -0.3 is 19.2 Å². The molecular weight excluding hydrogens is 463 g/mol. The van der Waals surface area contributed by atoms with Crippen LogP contribution in [-0.4, -0.2) is 45.1 Å². The molecular formula is C18H17ClF3N3O5S. The fourth-order valence-electron chi connectivity index (χ4n) is 2.66. The molecule has 0 amide bonds. The average molecular weight is 480 g/mol. The van der Waals surface area contributed by atoms with Crippen molar-refractivity contribution in [1.29, 1.82) is 0 Å². The Hall–Kier alpha value is -2.70. The molecule has 0 aliphatic rings. The third kappa shape index (κ3) is 4.97. The van der Waals surface area contributed by atoms with Crippen LogP contribution in [0.3, 0.4) is 0 Å². The highest BCUT2D eigenvalue weighted by Crippen LogP contribution is 2.32. The van der Waals surface area contributed by atoms with Gasteiger partial charge in [-0.1, -0.05) is 11.6 Å². The van der Waals surface area contributed by atoms with Crippen molar-refractivity contribution in [1.82, 2.24) is 9.97 Å². The Morgan fingerprint density at radius 2 is 2.03 bits per heavy atom. The van der Waals surface area contributed by atoms with Crippen LogP contribution < -0.4 is 14.2 Å². The summed E-state index contributed by atoms with van der Waals surface area (Å²) in [6.45, 7) is 0.956. The van der Waals surface area contributed by atoms with Crippen LogP contribution in [0.5, 0.6) is 11.6 Å². The molecule has 1 atom stereocenters. The lowest BCUT2D eigenvalue weighted by Gasteiger charge is -2.13. The number of halogens is 4. The molecule has 13 heteroatoms. The number of pyridine rings is 1. The molecule has 168 valence electrons. The van der Waals surface area contributed by atoms with Crippen molar-refractivity contribution in [3.8, 4) is 11.6 Å². The van der Waals surface area contributed by atoms with Crippen LogP contribution in [0, 0.1) is 11.6 Å². The van der Waals surface area contributed by atoms with Crippen molar-refractivity contribution in [2.24, 2.45) is 0 Å². The third-order valence-corrected chi connectivity index (χ3v) is 5.69. The van der Waals surface area contributed by atoms with Gasteiger partial charge in [0.2, 0.25) is 0 Å². The Bertz CT molecular complexity index is 1200. The number of nitrogens with zero attached hydrogens (tertiary/aromatic N) is 1. The van der Waals surface area contributed by atoms with Gasteiger partial charge >= 0.3 is 0 Å². The van der Waals surface area contributed by atoms with Gasteiger partial charge in [-0.05, 0) is 19.1 Å². The number of nitrogens with one attached hydrogen (secondary N) is 2. The number of hydrogen-bond acceptors (Lipinski definition) is 6. The molecule has 3 rings (SSSR count). The molecule has 0 saturated carbocycles. The van der Waals surface area contributed by atoms with Crippen LogP contribution in [0.2, 0.25) is 5.02 Å². The van der Waals surface area contributed by atoms with Gasteiger partial charge in [-0.25, -0.2) is 21.6 Å². The molecule has 2 N–H and O–H groups in total. The lowest BCUT2D eigenvalue weighted by Crippen LogP contribution is -2.16. The van der Waals surface area contributed by atoms with Crippen molar-refractivity contribution < 1.29 is 35.8 Å². The number of alkyl halides is 1. The van der Waals surface area contributed by atoms with E-state index in [0.29, 0.717) is 0 Å². The number of sulfonamides is 1. The Balaban J connectivity index is 1.87. The predicted molar refractivity (Wildman–Crippen MR) is 107 cm³/mol. The molecule has 31 heavy (non-hydrogen) atoms. The van der Waals surface area contributed by atoms with Gasteiger partial charge in [-0.3, -0.25) is 4.72 Å². The maximum absolute atomic E-state index is 14.5. The molecule has 0 radical (unpaired) electrons. The highest BCUT2D eigenvalue weighted by atomic mass is 35.5. The molecule has 2 aromatic heterocycles. The largest absolute Gasteiger partial charge is 0.485 e. The molecule has 0 saturated heterocycles. The molecule has 3 aromatic rings. The third-order valence-electron chi connectivity index (χ3n) is 4.02. The van der Waals surface area contributed by atoms with Gasteiger partial charge in [0.25, 0.3) is 15.9 Å². The van der Waals surface area contributed by atoms with Gasteiger partial charge in [0.15, 0.2) is 29.6 Å². The quantitative estimate of drug-likeness (QED) is 0.449. The number of anilines is 1. The van der Waals surface area contributed by atoms with Crippen LogP contribution >= 0.6 is 11.6 Å². The summed E-state index contributed by atoms with van der Waals surface area (Å²) in [5, 5.41) is -0.172. The summed E-state index contributed by atoms with van der Waals surface area (Å²) in [6, 6.07) is 3.37. The van der Waals surface area contributed by atoms with E-state index in [-0.39, 0.29) is 45.7 Å². The zero-order valence-electron chi connectivity index (χ0n) is 16.2. The van der Waals surface area contributed by atoms with Gasteiger partial charge in [-0.15, -0.1) is 0 Å². The highest BCUT2D eigenvalue weighted by Gasteiger charge is 2.24. The summed E-state index contributed by atoms with van der Waals surface area (Å²) in [4.78, 5) is 5.94. The number of aromatic amines is 1. The average Bonchev–Trinajstić information content (AvgIpc) is 3.15. The van der Waals surface area contributed by atoms with E-state index in [2.05, 4.69) is 14.7 Å². The summed E-state index contributed by atoms with van der Waals surface area (Å²) in [5.41, 5.74) is -0.118. The predicted octanol–water partition coefficient (Wildman–Crippen LogP) is 4.01. The Labute approximate surface area is 180 Å². The summed E-state index contributed by atoms with van der Waals surface area (Å²) >= 11 is 5.70. The summed E-state index contributed by atoms with van der Waals surface area (Å²) in [7, 11) is -3.15. The number of H-pyrrole nitrogens is 1. The summed E-state index contributed by atoms with van der Waals surface area (Å²) < 4.78 is 83.7. The minimum absolute atomic E-state index is 0.0174. The van der Waals surface area contributed by atoms with Gasteiger partial charge in [0.05, 0.1) is 24.3 Å². The molecule has 0 aliphatic heterocycles. The van der Waals surface area contributed by atoms with E-state index in [4.69, 9.17) is 21.1 Å². The van der Waals surface area contributed by atoms with E-state index in [9.17, 15) is 21.6 Å². The van der Waals surface area contributed by atoms with Crippen LogP contribution in [0.25, 0.3) is 10.9 Å². The van der Waals surface area contributed by atoms with Gasteiger partial charge in [0.1, 0.15) is 11.5 Å². The molecule has 1 aromatic carbocycles. The highest BCUT2D eigenvalue weighted by molar-refractivity contribution is 7.93. The zero-order chi connectivity index (χ0) is 22.8. The van der Waals surface area contributed by atoms with E-state index in [0.717, 1.165) is 12.3 Å².